The molecule has 0 N–H and O–H groups in total. The van der Waals surface area contributed by atoms with E-state index in [-0.39, 0.29) is 0 Å². The van der Waals surface area contributed by atoms with Crippen molar-refractivity contribution in [1.82, 2.24) is 8.61 Å². The van der Waals surface area contributed by atoms with E-state index in [1.54, 1.807) is 8.61 Å². The lowest BCUT2D eigenvalue weighted by Crippen LogP contribution is -2.55. The van der Waals surface area contributed by atoms with Gasteiger partial charge in [0.1, 0.15) is 0 Å². The maximum absolute atomic E-state index is 12.9. The van der Waals surface area contributed by atoms with Crippen LogP contribution in [0.3, 0.4) is 0 Å². The van der Waals surface area contributed by atoms with Crippen LogP contribution in [0.1, 0.15) is 20.3 Å². The summed E-state index contributed by atoms with van der Waals surface area (Å²) in [6.45, 7) is 7.98. The number of piperidine rings is 1. The second-order valence-electron chi connectivity index (χ2n) is 7.14. The largest absolute Gasteiger partial charge is 0.369 e. The van der Waals surface area contributed by atoms with Gasteiger partial charge in [-0.1, -0.05) is 31.5 Å². The molecule has 2 unspecified atom stereocenters. The number of nitrogens with zero attached hydrogens (tertiary/aromatic N) is 3. The Balaban J connectivity index is 1.65. The van der Waals surface area contributed by atoms with Crippen LogP contribution < -0.4 is 4.90 Å². The van der Waals surface area contributed by atoms with E-state index in [0.29, 0.717) is 56.1 Å². The highest BCUT2D eigenvalue weighted by atomic mass is 35.5. The molecule has 1 aromatic rings. The Morgan fingerprint density at radius 3 is 2.21 bits per heavy atom. The van der Waals surface area contributed by atoms with Gasteiger partial charge in [0.05, 0.1) is 0 Å². The summed E-state index contributed by atoms with van der Waals surface area (Å²) in [6, 6.07) is 7.73. The molecule has 0 bridgehead atoms. The summed E-state index contributed by atoms with van der Waals surface area (Å²) in [7, 11) is -3.35. The normalized spacial score (nSPS) is 27.4. The third-order valence-electron chi connectivity index (χ3n) is 4.90. The second-order valence-corrected chi connectivity index (χ2v) is 9.50. The van der Waals surface area contributed by atoms with E-state index in [9.17, 15) is 8.42 Å². The fraction of sp³-hybridized carbons (Fsp3) is 0.647. The zero-order valence-electron chi connectivity index (χ0n) is 14.4. The van der Waals surface area contributed by atoms with Gasteiger partial charge in [0.15, 0.2) is 0 Å². The molecule has 24 heavy (non-hydrogen) atoms. The van der Waals surface area contributed by atoms with Crippen molar-refractivity contribution in [2.24, 2.45) is 11.8 Å². The van der Waals surface area contributed by atoms with Crippen molar-refractivity contribution in [2.75, 3.05) is 44.2 Å². The van der Waals surface area contributed by atoms with E-state index >= 15 is 0 Å². The van der Waals surface area contributed by atoms with E-state index in [0.717, 1.165) is 12.1 Å². The van der Waals surface area contributed by atoms with Gasteiger partial charge in [-0.15, -0.1) is 0 Å². The lowest BCUT2D eigenvalue weighted by Gasteiger charge is -2.40. The van der Waals surface area contributed by atoms with Gasteiger partial charge in [-0.3, -0.25) is 0 Å². The van der Waals surface area contributed by atoms with Gasteiger partial charge in [-0.05, 0) is 36.5 Å². The predicted molar refractivity (Wildman–Crippen MR) is 98.7 cm³/mol. The molecule has 2 atom stereocenters. The summed E-state index contributed by atoms with van der Waals surface area (Å²) >= 11 is 6.05. The fourth-order valence-electron chi connectivity index (χ4n) is 3.81. The van der Waals surface area contributed by atoms with Gasteiger partial charge in [0.2, 0.25) is 0 Å². The molecule has 2 fully saturated rings. The summed E-state index contributed by atoms with van der Waals surface area (Å²) in [5, 5.41) is 0.707. The molecule has 0 aliphatic carbocycles. The lowest BCUT2D eigenvalue weighted by atomic mass is 9.94. The van der Waals surface area contributed by atoms with Crippen LogP contribution >= 0.6 is 11.6 Å². The Hall–Kier alpha value is -0.820. The molecule has 2 aliphatic rings. The van der Waals surface area contributed by atoms with Gasteiger partial charge in [-0.2, -0.15) is 17.0 Å². The summed E-state index contributed by atoms with van der Waals surface area (Å²) in [5.74, 6) is 0.854. The molecule has 0 spiro atoms. The minimum Gasteiger partial charge on any atom is -0.369 e. The molecule has 2 saturated heterocycles. The summed E-state index contributed by atoms with van der Waals surface area (Å²) in [5.41, 5.74) is 1.06. The van der Waals surface area contributed by atoms with Crippen LogP contribution in [0.2, 0.25) is 5.02 Å². The maximum atomic E-state index is 12.9. The minimum absolute atomic E-state index is 0.427. The fourth-order valence-corrected chi connectivity index (χ4v) is 5.83. The zero-order valence-corrected chi connectivity index (χ0v) is 15.9. The molecule has 3 rings (SSSR count). The first-order chi connectivity index (χ1) is 11.4. The number of anilines is 1. The number of piperazine rings is 1. The molecule has 0 aromatic heterocycles. The average Bonchev–Trinajstić information content (AvgIpc) is 2.54. The monoisotopic (exact) mass is 371 g/mol. The number of rotatable bonds is 3. The van der Waals surface area contributed by atoms with Gasteiger partial charge in [0, 0.05) is 50.0 Å². The first-order valence-electron chi connectivity index (χ1n) is 8.62. The molecule has 5 nitrogen and oxygen atoms in total. The third kappa shape index (κ3) is 3.87. The maximum Gasteiger partial charge on any atom is 0.282 e. The minimum atomic E-state index is -3.35. The van der Waals surface area contributed by atoms with Crippen molar-refractivity contribution < 1.29 is 8.42 Å². The molecule has 134 valence electrons. The van der Waals surface area contributed by atoms with Gasteiger partial charge < -0.3 is 4.90 Å². The number of benzene rings is 1. The lowest BCUT2D eigenvalue weighted by molar-refractivity contribution is 0.207. The molecule has 0 saturated carbocycles. The number of hydrogen-bond acceptors (Lipinski definition) is 3. The number of hydrogen-bond donors (Lipinski definition) is 0. The van der Waals surface area contributed by atoms with E-state index in [4.69, 9.17) is 11.6 Å². The summed E-state index contributed by atoms with van der Waals surface area (Å²) in [4.78, 5) is 2.19. The first kappa shape index (κ1) is 18.0. The van der Waals surface area contributed by atoms with E-state index in [2.05, 4.69) is 18.7 Å². The molecular formula is C17H26ClN3O2S. The van der Waals surface area contributed by atoms with Crippen molar-refractivity contribution >= 4 is 27.5 Å². The Morgan fingerprint density at radius 1 is 1.00 bits per heavy atom. The van der Waals surface area contributed by atoms with Crippen molar-refractivity contribution in [2.45, 2.75) is 20.3 Å². The topological polar surface area (TPSA) is 43.9 Å². The smallest absolute Gasteiger partial charge is 0.282 e. The van der Waals surface area contributed by atoms with Crippen molar-refractivity contribution in [3.05, 3.63) is 29.3 Å². The Labute approximate surface area is 150 Å². The molecule has 7 heteroatoms. The highest BCUT2D eigenvalue weighted by Crippen LogP contribution is 2.26. The quantitative estimate of drug-likeness (QED) is 0.820. The molecule has 2 aliphatic heterocycles. The zero-order chi connectivity index (χ0) is 17.3. The van der Waals surface area contributed by atoms with Crippen LogP contribution in [0.25, 0.3) is 0 Å². The average molecular weight is 372 g/mol. The van der Waals surface area contributed by atoms with Crippen LogP contribution in [0.5, 0.6) is 0 Å². The predicted octanol–water partition coefficient (Wildman–Crippen LogP) is 2.68. The van der Waals surface area contributed by atoms with Crippen LogP contribution in [0.4, 0.5) is 5.69 Å². The van der Waals surface area contributed by atoms with E-state index in [1.807, 2.05) is 24.3 Å². The van der Waals surface area contributed by atoms with Crippen LogP contribution in [-0.4, -0.2) is 56.3 Å². The summed E-state index contributed by atoms with van der Waals surface area (Å²) in [6.07, 6.45) is 1.11. The van der Waals surface area contributed by atoms with Gasteiger partial charge in [-0.25, -0.2) is 0 Å². The first-order valence-corrected chi connectivity index (χ1v) is 10.4. The molecule has 0 amide bonds. The van der Waals surface area contributed by atoms with Gasteiger partial charge in [0.25, 0.3) is 10.2 Å². The highest BCUT2D eigenvalue weighted by molar-refractivity contribution is 7.86. The van der Waals surface area contributed by atoms with Gasteiger partial charge >= 0.3 is 0 Å². The summed E-state index contributed by atoms with van der Waals surface area (Å²) < 4.78 is 29.2. The third-order valence-corrected chi connectivity index (χ3v) is 7.10. The SMILES string of the molecule is CC1CC(C)CN(S(=O)(=O)N2CCN(c3cccc(Cl)c3)CC2)C1. The molecular weight excluding hydrogens is 346 g/mol. The van der Waals surface area contributed by atoms with E-state index in [1.165, 1.54) is 0 Å². The second kappa shape index (κ2) is 7.20. The van der Waals surface area contributed by atoms with Crippen molar-refractivity contribution in [1.29, 1.82) is 0 Å². The van der Waals surface area contributed by atoms with Crippen LogP contribution in [-0.2, 0) is 10.2 Å². The van der Waals surface area contributed by atoms with Crippen LogP contribution in [0.15, 0.2) is 24.3 Å². The Kier molecular flexibility index (Phi) is 5.39. The molecule has 2 heterocycles. The number of halogens is 1. The Morgan fingerprint density at radius 2 is 1.62 bits per heavy atom. The molecule has 1 aromatic carbocycles. The Bertz CT molecular complexity index is 664. The molecule has 0 radical (unpaired) electrons. The van der Waals surface area contributed by atoms with Crippen molar-refractivity contribution in [3.8, 4) is 0 Å². The van der Waals surface area contributed by atoms with Crippen LogP contribution in [0, 0.1) is 11.8 Å². The van der Waals surface area contributed by atoms with Crippen molar-refractivity contribution in [3.63, 3.8) is 0 Å². The highest BCUT2D eigenvalue weighted by Gasteiger charge is 2.36. The standard InChI is InChI=1S/C17H26ClN3O2S/c1-14-10-15(2)13-21(12-14)24(22,23)20-8-6-19(7-9-20)17-5-3-4-16(18)11-17/h3-5,11,14-15H,6-10,12-13H2,1-2H3. The van der Waals surface area contributed by atoms with E-state index < -0.39 is 10.2 Å².